The van der Waals surface area contributed by atoms with Gasteiger partial charge in [0.25, 0.3) is 0 Å². The maximum absolute atomic E-state index is 5.66. The van der Waals surface area contributed by atoms with Gasteiger partial charge in [0, 0.05) is 6.04 Å². The van der Waals surface area contributed by atoms with Gasteiger partial charge in [-0.05, 0) is 38.8 Å². The average molecular weight is 193 g/mol. The van der Waals surface area contributed by atoms with Crippen molar-refractivity contribution in [2.24, 2.45) is 5.73 Å². The van der Waals surface area contributed by atoms with Gasteiger partial charge < -0.3 is 10.5 Å². The van der Waals surface area contributed by atoms with Gasteiger partial charge >= 0.3 is 0 Å². The molecule has 0 amide bonds. The van der Waals surface area contributed by atoms with Gasteiger partial charge in [-0.3, -0.25) is 0 Å². The van der Waals surface area contributed by atoms with E-state index in [2.05, 4.69) is 32.9 Å². The first kappa shape index (κ1) is 11.1. The second-order valence-corrected chi connectivity index (χ2v) is 4.02. The highest BCUT2D eigenvalue weighted by Crippen LogP contribution is 2.24. The Morgan fingerprint density at radius 3 is 2.14 bits per heavy atom. The summed E-state index contributed by atoms with van der Waals surface area (Å²) in [5.41, 5.74) is 9.28. The van der Waals surface area contributed by atoms with Crippen LogP contribution in [0.3, 0.4) is 0 Å². The van der Waals surface area contributed by atoms with Crippen molar-refractivity contribution in [2.75, 3.05) is 6.61 Å². The van der Waals surface area contributed by atoms with Gasteiger partial charge in [0.2, 0.25) is 0 Å². The summed E-state index contributed by atoms with van der Waals surface area (Å²) in [4.78, 5) is 0. The zero-order valence-electron chi connectivity index (χ0n) is 9.42. The monoisotopic (exact) mass is 193 g/mol. The molecule has 0 aliphatic carbocycles. The minimum atomic E-state index is 0.0788. The van der Waals surface area contributed by atoms with Crippen LogP contribution < -0.4 is 10.5 Å². The smallest absolute Gasteiger partial charge is 0.125 e. The molecule has 0 saturated heterocycles. The second-order valence-electron chi connectivity index (χ2n) is 4.02. The van der Waals surface area contributed by atoms with Crippen LogP contribution in [0.5, 0.6) is 5.75 Å². The molecule has 0 radical (unpaired) electrons. The van der Waals surface area contributed by atoms with Gasteiger partial charge in [0.1, 0.15) is 12.4 Å². The van der Waals surface area contributed by atoms with E-state index in [4.69, 9.17) is 10.5 Å². The number of hydrogen-bond donors (Lipinski definition) is 1. The molecule has 0 aromatic heterocycles. The Hall–Kier alpha value is -1.02. The number of nitrogens with two attached hydrogens (primary N) is 1. The Kier molecular flexibility index (Phi) is 3.53. The molecule has 1 aromatic rings. The third-order valence-electron chi connectivity index (χ3n) is 2.10. The first-order valence-electron chi connectivity index (χ1n) is 4.97. The zero-order valence-corrected chi connectivity index (χ0v) is 9.42. The van der Waals surface area contributed by atoms with Crippen molar-refractivity contribution in [3.05, 3.63) is 28.8 Å². The molecule has 14 heavy (non-hydrogen) atoms. The lowest BCUT2D eigenvalue weighted by atomic mass is 10.1. The summed E-state index contributed by atoms with van der Waals surface area (Å²) >= 11 is 0. The molecule has 2 N–H and O–H groups in total. The van der Waals surface area contributed by atoms with E-state index >= 15 is 0 Å². The van der Waals surface area contributed by atoms with Gasteiger partial charge in [0.15, 0.2) is 0 Å². The highest BCUT2D eigenvalue weighted by atomic mass is 16.5. The van der Waals surface area contributed by atoms with Gasteiger partial charge in [-0.25, -0.2) is 0 Å². The van der Waals surface area contributed by atoms with Crippen molar-refractivity contribution in [2.45, 2.75) is 33.7 Å². The summed E-state index contributed by atoms with van der Waals surface area (Å²) in [5, 5.41) is 0. The number of rotatable bonds is 3. The zero-order chi connectivity index (χ0) is 10.7. The summed E-state index contributed by atoms with van der Waals surface area (Å²) in [6, 6.07) is 4.34. The number of benzene rings is 1. The van der Waals surface area contributed by atoms with Crippen molar-refractivity contribution < 1.29 is 4.74 Å². The molecule has 2 nitrogen and oxygen atoms in total. The Morgan fingerprint density at radius 2 is 1.71 bits per heavy atom. The quantitative estimate of drug-likeness (QED) is 0.799. The average Bonchev–Trinajstić information content (AvgIpc) is 2.01. The molecule has 0 bridgehead atoms. The standard InChI is InChI=1S/C12H19NO/c1-8-5-9(2)12(10(3)6-8)14-7-11(4)13/h5-6,11H,7,13H2,1-4H3/t11-/m0/s1. The maximum atomic E-state index is 5.66. The Balaban J connectivity index is 2.86. The van der Waals surface area contributed by atoms with Crippen molar-refractivity contribution in [1.82, 2.24) is 0 Å². The first-order valence-corrected chi connectivity index (χ1v) is 4.97. The van der Waals surface area contributed by atoms with Crippen LogP contribution in [-0.4, -0.2) is 12.6 Å². The van der Waals surface area contributed by atoms with Crippen LogP contribution in [0.2, 0.25) is 0 Å². The molecule has 1 aromatic carbocycles. The van der Waals surface area contributed by atoms with Gasteiger partial charge in [-0.1, -0.05) is 17.7 Å². The Bertz CT molecular complexity index is 295. The molecule has 0 fully saturated rings. The first-order chi connectivity index (χ1) is 6.50. The van der Waals surface area contributed by atoms with E-state index in [1.54, 1.807) is 0 Å². The number of hydrogen-bond acceptors (Lipinski definition) is 2. The molecule has 0 unspecified atom stereocenters. The Labute approximate surface area is 86.1 Å². The van der Waals surface area contributed by atoms with Crippen LogP contribution in [0.15, 0.2) is 12.1 Å². The van der Waals surface area contributed by atoms with E-state index in [-0.39, 0.29) is 6.04 Å². The topological polar surface area (TPSA) is 35.2 Å². The lowest BCUT2D eigenvalue weighted by molar-refractivity contribution is 0.292. The lowest BCUT2D eigenvalue weighted by Gasteiger charge is -2.14. The number of aryl methyl sites for hydroxylation is 3. The largest absolute Gasteiger partial charge is 0.491 e. The third-order valence-corrected chi connectivity index (χ3v) is 2.10. The summed E-state index contributed by atoms with van der Waals surface area (Å²) in [6.45, 7) is 8.74. The van der Waals surface area contributed by atoms with E-state index < -0.39 is 0 Å². The van der Waals surface area contributed by atoms with E-state index in [1.807, 2.05) is 6.92 Å². The third kappa shape index (κ3) is 2.74. The molecular weight excluding hydrogens is 174 g/mol. The minimum absolute atomic E-state index is 0.0788. The molecule has 0 aliphatic rings. The summed E-state index contributed by atoms with van der Waals surface area (Å²) in [5.74, 6) is 0.980. The minimum Gasteiger partial charge on any atom is -0.491 e. The molecule has 78 valence electrons. The normalized spacial score (nSPS) is 12.6. The summed E-state index contributed by atoms with van der Waals surface area (Å²) in [6.07, 6.45) is 0. The van der Waals surface area contributed by atoms with Crippen LogP contribution >= 0.6 is 0 Å². The van der Waals surface area contributed by atoms with Crippen molar-refractivity contribution in [1.29, 1.82) is 0 Å². The maximum Gasteiger partial charge on any atom is 0.125 e. The molecule has 2 heteroatoms. The van der Waals surface area contributed by atoms with E-state index in [0.717, 1.165) is 5.75 Å². The SMILES string of the molecule is Cc1cc(C)c(OC[C@H](C)N)c(C)c1. The van der Waals surface area contributed by atoms with Gasteiger partial charge in [0.05, 0.1) is 0 Å². The number of ether oxygens (including phenoxy) is 1. The van der Waals surface area contributed by atoms with Crippen LogP contribution in [-0.2, 0) is 0 Å². The molecular formula is C12H19NO. The van der Waals surface area contributed by atoms with Crippen LogP contribution in [0.4, 0.5) is 0 Å². The van der Waals surface area contributed by atoms with Gasteiger partial charge in [-0.15, -0.1) is 0 Å². The fourth-order valence-electron chi connectivity index (χ4n) is 1.61. The fourth-order valence-corrected chi connectivity index (χ4v) is 1.61. The van der Waals surface area contributed by atoms with Crippen LogP contribution in [0.25, 0.3) is 0 Å². The molecule has 1 rings (SSSR count). The van der Waals surface area contributed by atoms with Crippen molar-refractivity contribution in [3.8, 4) is 5.75 Å². The van der Waals surface area contributed by atoms with E-state index in [1.165, 1.54) is 16.7 Å². The summed E-state index contributed by atoms with van der Waals surface area (Å²) in [7, 11) is 0. The van der Waals surface area contributed by atoms with Crippen LogP contribution in [0, 0.1) is 20.8 Å². The molecule has 1 atom stereocenters. The molecule has 0 saturated carbocycles. The molecule has 0 spiro atoms. The van der Waals surface area contributed by atoms with E-state index in [0.29, 0.717) is 6.61 Å². The highest BCUT2D eigenvalue weighted by molar-refractivity contribution is 5.42. The van der Waals surface area contributed by atoms with Crippen molar-refractivity contribution in [3.63, 3.8) is 0 Å². The fraction of sp³-hybridized carbons (Fsp3) is 0.500. The Morgan fingerprint density at radius 1 is 1.21 bits per heavy atom. The summed E-state index contributed by atoms with van der Waals surface area (Å²) < 4.78 is 5.66. The van der Waals surface area contributed by atoms with Gasteiger partial charge in [-0.2, -0.15) is 0 Å². The highest BCUT2D eigenvalue weighted by Gasteiger charge is 2.05. The second kappa shape index (κ2) is 4.47. The van der Waals surface area contributed by atoms with E-state index in [9.17, 15) is 0 Å². The lowest BCUT2D eigenvalue weighted by Crippen LogP contribution is -2.24. The molecule has 0 heterocycles. The molecule has 0 aliphatic heterocycles. The predicted octanol–water partition coefficient (Wildman–Crippen LogP) is 2.34. The predicted molar refractivity (Wildman–Crippen MR) is 59.8 cm³/mol. The van der Waals surface area contributed by atoms with Crippen molar-refractivity contribution >= 4 is 0 Å². The van der Waals surface area contributed by atoms with Crippen LogP contribution in [0.1, 0.15) is 23.6 Å².